The summed E-state index contributed by atoms with van der Waals surface area (Å²) in [5.41, 5.74) is 2.79. The molecule has 1 aliphatic rings. The number of hydrogen-bond acceptors (Lipinski definition) is 1. The summed E-state index contributed by atoms with van der Waals surface area (Å²) in [5, 5.41) is 0. The second-order valence-electron chi connectivity index (χ2n) is 4.93. The summed E-state index contributed by atoms with van der Waals surface area (Å²) in [5.74, 6) is 0. The summed E-state index contributed by atoms with van der Waals surface area (Å²) in [7, 11) is 0. The molecule has 2 atom stereocenters. The zero-order valence-corrected chi connectivity index (χ0v) is 10.0. The fourth-order valence-electron chi connectivity index (χ4n) is 2.46. The number of rotatable bonds is 2. The fraction of sp³-hybridized carbons (Fsp3) is 0.571. The molecule has 1 aromatic rings. The summed E-state index contributed by atoms with van der Waals surface area (Å²) >= 11 is 0. The highest BCUT2D eigenvalue weighted by Crippen LogP contribution is 2.25. The maximum absolute atomic E-state index is 2.62. The fourth-order valence-corrected chi connectivity index (χ4v) is 2.46. The average molecular weight is 203 g/mol. The third-order valence-corrected chi connectivity index (χ3v) is 3.62. The lowest BCUT2D eigenvalue weighted by Crippen LogP contribution is -2.31. The quantitative estimate of drug-likeness (QED) is 0.712. The number of likely N-dealkylation sites (tertiary alicyclic amines) is 1. The monoisotopic (exact) mass is 203 g/mol. The third-order valence-electron chi connectivity index (χ3n) is 3.62. The number of nitrogens with zero attached hydrogens (tertiary/aromatic N) is 1. The molecule has 0 aliphatic carbocycles. The van der Waals surface area contributed by atoms with Crippen molar-refractivity contribution in [2.24, 2.45) is 0 Å². The normalized spacial score (nSPS) is 27.1. The zero-order chi connectivity index (χ0) is 10.8. The molecule has 0 radical (unpaired) electrons. The summed E-state index contributed by atoms with van der Waals surface area (Å²) in [4.78, 5) is 2.62. The number of hydrogen-bond donors (Lipinski definition) is 0. The second kappa shape index (κ2) is 4.36. The molecular weight excluding hydrogens is 182 g/mol. The summed E-state index contributed by atoms with van der Waals surface area (Å²) < 4.78 is 0. The highest BCUT2D eigenvalue weighted by atomic mass is 15.2. The van der Waals surface area contributed by atoms with Crippen LogP contribution in [0.4, 0.5) is 0 Å². The minimum absolute atomic E-state index is 0.751. The summed E-state index contributed by atoms with van der Waals surface area (Å²) in [6.45, 7) is 7.95. The predicted molar refractivity (Wildman–Crippen MR) is 64.9 cm³/mol. The maximum Gasteiger partial charge on any atom is 0.0239 e. The van der Waals surface area contributed by atoms with Gasteiger partial charge in [0, 0.05) is 18.6 Å². The van der Waals surface area contributed by atoms with E-state index in [4.69, 9.17) is 0 Å². The standard InChI is InChI=1S/C14H21N/c1-11-4-8-14(9-5-11)10-15-12(2)6-7-13(15)3/h4-5,8-9,12-13H,6-7,10H2,1-3H3. The van der Waals surface area contributed by atoms with E-state index in [2.05, 4.69) is 49.9 Å². The van der Waals surface area contributed by atoms with Gasteiger partial charge in [-0.2, -0.15) is 0 Å². The highest BCUT2D eigenvalue weighted by molar-refractivity contribution is 5.21. The van der Waals surface area contributed by atoms with Gasteiger partial charge in [0.25, 0.3) is 0 Å². The molecule has 1 aromatic carbocycles. The first-order chi connectivity index (χ1) is 7.16. The number of aryl methyl sites for hydroxylation is 1. The van der Waals surface area contributed by atoms with Gasteiger partial charge in [0.2, 0.25) is 0 Å². The zero-order valence-electron chi connectivity index (χ0n) is 10.0. The molecule has 1 aliphatic heterocycles. The molecule has 82 valence electrons. The predicted octanol–water partition coefficient (Wildman–Crippen LogP) is 3.37. The van der Waals surface area contributed by atoms with Crippen LogP contribution in [-0.4, -0.2) is 17.0 Å². The van der Waals surface area contributed by atoms with Crippen molar-refractivity contribution >= 4 is 0 Å². The Balaban J connectivity index is 2.04. The van der Waals surface area contributed by atoms with E-state index in [1.165, 1.54) is 24.0 Å². The molecule has 0 spiro atoms. The molecular formula is C14H21N. The van der Waals surface area contributed by atoms with Crippen LogP contribution >= 0.6 is 0 Å². The van der Waals surface area contributed by atoms with Crippen LogP contribution in [0.25, 0.3) is 0 Å². The van der Waals surface area contributed by atoms with Crippen LogP contribution in [0.3, 0.4) is 0 Å². The molecule has 1 fully saturated rings. The van der Waals surface area contributed by atoms with Crippen LogP contribution in [0.1, 0.15) is 37.8 Å². The number of benzene rings is 1. The van der Waals surface area contributed by atoms with E-state index >= 15 is 0 Å². The Hall–Kier alpha value is -0.820. The lowest BCUT2D eigenvalue weighted by molar-refractivity contribution is 0.205. The van der Waals surface area contributed by atoms with E-state index in [1.54, 1.807) is 0 Å². The first-order valence-electron chi connectivity index (χ1n) is 5.98. The molecule has 2 rings (SSSR count). The molecule has 0 N–H and O–H groups in total. The largest absolute Gasteiger partial charge is 0.294 e. The van der Waals surface area contributed by atoms with E-state index in [0.717, 1.165) is 18.6 Å². The van der Waals surface area contributed by atoms with Crippen molar-refractivity contribution < 1.29 is 0 Å². The molecule has 0 aromatic heterocycles. The average Bonchev–Trinajstić information content (AvgIpc) is 2.53. The molecule has 0 saturated carbocycles. The van der Waals surface area contributed by atoms with Crippen molar-refractivity contribution in [3.63, 3.8) is 0 Å². The van der Waals surface area contributed by atoms with Crippen molar-refractivity contribution in [1.82, 2.24) is 4.90 Å². The molecule has 1 nitrogen and oxygen atoms in total. The Bertz CT molecular complexity index is 305. The highest BCUT2D eigenvalue weighted by Gasteiger charge is 2.26. The van der Waals surface area contributed by atoms with Crippen LogP contribution in [0.2, 0.25) is 0 Å². The molecule has 0 amide bonds. The van der Waals surface area contributed by atoms with Crippen LogP contribution in [0, 0.1) is 6.92 Å². The van der Waals surface area contributed by atoms with Gasteiger partial charge in [0.1, 0.15) is 0 Å². The smallest absolute Gasteiger partial charge is 0.0239 e. The lowest BCUT2D eigenvalue weighted by atomic mass is 10.1. The molecule has 1 saturated heterocycles. The van der Waals surface area contributed by atoms with Crippen LogP contribution in [-0.2, 0) is 6.54 Å². The van der Waals surface area contributed by atoms with Crippen LogP contribution in [0.5, 0.6) is 0 Å². The topological polar surface area (TPSA) is 3.24 Å². The van der Waals surface area contributed by atoms with Gasteiger partial charge < -0.3 is 0 Å². The van der Waals surface area contributed by atoms with Gasteiger partial charge in [0.15, 0.2) is 0 Å². The Morgan fingerprint density at radius 2 is 1.60 bits per heavy atom. The molecule has 1 heteroatoms. The van der Waals surface area contributed by atoms with Gasteiger partial charge in [0.05, 0.1) is 0 Å². The van der Waals surface area contributed by atoms with E-state index in [0.29, 0.717) is 0 Å². The van der Waals surface area contributed by atoms with Crippen molar-refractivity contribution in [2.75, 3.05) is 0 Å². The second-order valence-corrected chi connectivity index (χ2v) is 4.93. The Kier molecular flexibility index (Phi) is 3.11. The van der Waals surface area contributed by atoms with Crippen molar-refractivity contribution in [2.45, 2.75) is 52.2 Å². The first kappa shape index (κ1) is 10.7. The van der Waals surface area contributed by atoms with Gasteiger partial charge in [-0.3, -0.25) is 4.90 Å². The molecule has 0 bridgehead atoms. The van der Waals surface area contributed by atoms with Gasteiger partial charge in [-0.1, -0.05) is 29.8 Å². The minimum Gasteiger partial charge on any atom is -0.294 e. The van der Waals surface area contributed by atoms with E-state index < -0.39 is 0 Å². The van der Waals surface area contributed by atoms with E-state index in [-0.39, 0.29) is 0 Å². The van der Waals surface area contributed by atoms with Crippen LogP contribution < -0.4 is 0 Å². The SMILES string of the molecule is Cc1ccc(CN2C(C)CCC2C)cc1. The summed E-state index contributed by atoms with van der Waals surface area (Å²) in [6.07, 6.45) is 2.71. The Morgan fingerprint density at radius 3 is 2.13 bits per heavy atom. The third kappa shape index (κ3) is 2.40. The van der Waals surface area contributed by atoms with E-state index in [1.807, 2.05) is 0 Å². The minimum atomic E-state index is 0.751. The Morgan fingerprint density at radius 1 is 1.07 bits per heavy atom. The van der Waals surface area contributed by atoms with Gasteiger partial charge >= 0.3 is 0 Å². The molecule has 1 heterocycles. The van der Waals surface area contributed by atoms with Gasteiger partial charge in [-0.15, -0.1) is 0 Å². The maximum atomic E-state index is 2.62. The van der Waals surface area contributed by atoms with Crippen molar-refractivity contribution in [3.05, 3.63) is 35.4 Å². The molecule has 15 heavy (non-hydrogen) atoms. The lowest BCUT2D eigenvalue weighted by Gasteiger charge is -2.25. The van der Waals surface area contributed by atoms with E-state index in [9.17, 15) is 0 Å². The summed E-state index contributed by atoms with van der Waals surface area (Å²) in [6, 6.07) is 10.4. The molecule has 2 unspecified atom stereocenters. The Labute approximate surface area is 93.1 Å². The van der Waals surface area contributed by atoms with Crippen molar-refractivity contribution in [3.8, 4) is 0 Å². The van der Waals surface area contributed by atoms with Gasteiger partial charge in [-0.25, -0.2) is 0 Å². The van der Waals surface area contributed by atoms with Crippen molar-refractivity contribution in [1.29, 1.82) is 0 Å². The van der Waals surface area contributed by atoms with Crippen LogP contribution in [0.15, 0.2) is 24.3 Å². The van der Waals surface area contributed by atoms with Gasteiger partial charge in [-0.05, 0) is 39.2 Å². The first-order valence-corrected chi connectivity index (χ1v) is 5.98.